The predicted octanol–water partition coefficient (Wildman–Crippen LogP) is 5.31. The zero-order chi connectivity index (χ0) is 20.0. The van der Waals surface area contributed by atoms with E-state index in [9.17, 15) is 19.4 Å². The van der Waals surface area contributed by atoms with Crippen LogP contribution in [0.1, 0.15) is 47.8 Å². The number of allylic oxidation sites excluding steroid dienone is 2. The molecule has 5 heteroatoms. The Morgan fingerprint density at radius 2 is 1.85 bits per heavy atom. The highest BCUT2D eigenvalue weighted by Crippen LogP contribution is 2.36. The second-order valence-corrected chi connectivity index (χ2v) is 6.27. The summed E-state index contributed by atoms with van der Waals surface area (Å²) in [5.74, 6) is -1.44. The summed E-state index contributed by atoms with van der Waals surface area (Å²) in [5, 5.41) is 20.2. The fourth-order valence-electron chi connectivity index (χ4n) is 2.61. The van der Waals surface area contributed by atoms with Crippen molar-refractivity contribution in [1.29, 1.82) is 0 Å². The summed E-state index contributed by atoms with van der Waals surface area (Å²) >= 11 is 0. The molecule has 0 aromatic heterocycles. The Balaban J connectivity index is 2.56. The summed E-state index contributed by atoms with van der Waals surface area (Å²) in [6.07, 6.45) is 5.50. The minimum absolute atomic E-state index is 0.186. The third-order valence-corrected chi connectivity index (χ3v) is 3.95. The minimum atomic E-state index is -1.23. The molecule has 0 fully saturated rings. The number of benzene rings is 2. The van der Waals surface area contributed by atoms with Crippen molar-refractivity contribution < 1.29 is 24.1 Å². The highest BCUT2D eigenvalue weighted by Gasteiger charge is 2.21. The number of rotatable bonds is 7. The fraction of sp³-hybridized carbons (Fsp3) is 0.227. The Labute approximate surface area is 158 Å². The van der Waals surface area contributed by atoms with Crippen molar-refractivity contribution in [3.63, 3.8) is 0 Å². The van der Waals surface area contributed by atoms with Crippen molar-refractivity contribution in [2.75, 3.05) is 6.61 Å². The van der Waals surface area contributed by atoms with Gasteiger partial charge >= 0.3 is 5.97 Å². The van der Waals surface area contributed by atoms with E-state index in [4.69, 9.17) is 4.74 Å². The number of hydrogen-bond acceptors (Lipinski definition) is 3. The van der Waals surface area contributed by atoms with Gasteiger partial charge in [0.2, 0.25) is 0 Å². The first-order chi connectivity index (χ1) is 12.8. The molecule has 2 N–H and O–H groups in total. The average molecular weight is 370 g/mol. The Morgan fingerprint density at radius 3 is 2.41 bits per heavy atom. The van der Waals surface area contributed by atoms with Gasteiger partial charge in [-0.25, -0.2) is 9.18 Å². The molecule has 27 heavy (non-hydrogen) atoms. The van der Waals surface area contributed by atoms with Crippen LogP contribution in [0.25, 0.3) is 12.2 Å². The van der Waals surface area contributed by atoms with Gasteiger partial charge in [0.15, 0.2) is 0 Å². The average Bonchev–Trinajstić information content (AvgIpc) is 2.60. The molecule has 2 rings (SSSR count). The molecule has 0 radical (unpaired) electrons. The Hall–Kier alpha value is -3.08. The summed E-state index contributed by atoms with van der Waals surface area (Å²) in [4.78, 5) is 11.8. The molecule has 0 spiro atoms. The minimum Gasteiger partial charge on any atom is -0.507 e. The highest BCUT2D eigenvalue weighted by molar-refractivity contribution is 5.97. The van der Waals surface area contributed by atoms with E-state index in [0.717, 1.165) is 5.57 Å². The number of halogens is 1. The normalized spacial score (nSPS) is 10.8. The molecule has 0 heterocycles. The number of aromatic carboxylic acids is 1. The van der Waals surface area contributed by atoms with Crippen LogP contribution < -0.4 is 4.74 Å². The van der Waals surface area contributed by atoms with E-state index in [0.29, 0.717) is 35.5 Å². The second-order valence-electron chi connectivity index (χ2n) is 6.27. The van der Waals surface area contributed by atoms with Crippen LogP contribution in [0.15, 0.2) is 42.0 Å². The van der Waals surface area contributed by atoms with Crippen LogP contribution in [0.4, 0.5) is 4.39 Å². The molecule has 4 nitrogen and oxygen atoms in total. The molecule has 0 unspecified atom stereocenters. The number of aromatic hydroxyl groups is 1. The van der Waals surface area contributed by atoms with Crippen LogP contribution in [0.2, 0.25) is 0 Å². The molecule has 0 aliphatic heterocycles. The van der Waals surface area contributed by atoms with Gasteiger partial charge in [0, 0.05) is 5.56 Å². The Kier molecular flexibility index (Phi) is 6.77. The second kappa shape index (κ2) is 9.03. The molecule has 2 aromatic carbocycles. The lowest BCUT2D eigenvalue weighted by Crippen LogP contribution is -2.06. The standard InChI is InChI=1S/C22H23FO4/c1-4-27-19-13-16(9-6-15-7-10-17(23)11-8-15)20(22(25)26)21(24)18(19)12-5-14(2)3/h5-11,13,24H,4,12H2,1-3H3,(H,25,26). The number of carboxylic acid groups (broad SMARTS) is 1. The summed E-state index contributed by atoms with van der Waals surface area (Å²) in [6.45, 7) is 6.06. The van der Waals surface area contributed by atoms with Crippen LogP contribution in [0, 0.1) is 5.82 Å². The van der Waals surface area contributed by atoms with Gasteiger partial charge in [0.1, 0.15) is 22.9 Å². The van der Waals surface area contributed by atoms with Crippen LogP contribution in [-0.2, 0) is 6.42 Å². The Morgan fingerprint density at radius 1 is 1.19 bits per heavy atom. The number of carboxylic acids is 1. The maximum absolute atomic E-state index is 13.0. The first-order valence-electron chi connectivity index (χ1n) is 8.65. The largest absolute Gasteiger partial charge is 0.507 e. The molecular weight excluding hydrogens is 347 g/mol. The van der Waals surface area contributed by atoms with Crippen molar-refractivity contribution in [1.82, 2.24) is 0 Å². The maximum Gasteiger partial charge on any atom is 0.340 e. The van der Waals surface area contributed by atoms with Gasteiger partial charge in [-0.1, -0.05) is 35.9 Å². The van der Waals surface area contributed by atoms with Gasteiger partial charge in [0.05, 0.1) is 6.61 Å². The lowest BCUT2D eigenvalue weighted by atomic mass is 9.97. The smallest absolute Gasteiger partial charge is 0.340 e. The molecule has 0 aliphatic carbocycles. The first-order valence-corrected chi connectivity index (χ1v) is 8.65. The fourth-order valence-corrected chi connectivity index (χ4v) is 2.61. The zero-order valence-electron chi connectivity index (χ0n) is 15.6. The molecular formula is C22H23FO4. The quantitative estimate of drug-likeness (QED) is 0.512. The van der Waals surface area contributed by atoms with E-state index in [2.05, 4.69) is 0 Å². The maximum atomic E-state index is 13.0. The van der Waals surface area contributed by atoms with Crippen LogP contribution in [0.5, 0.6) is 11.5 Å². The van der Waals surface area contributed by atoms with Crippen molar-refractivity contribution >= 4 is 18.1 Å². The van der Waals surface area contributed by atoms with E-state index < -0.39 is 5.97 Å². The zero-order valence-corrected chi connectivity index (χ0v) is 15.6. The van der Waals surface area contributed by atoms with Gasteiger partial charge < -0.3 is 14.9 Å². The molecule has 0 bridgehead atoms. The summed E-state index contributed by atoms with van der Waals surface area (Å²) < 4.78 is 18.7. The number of phenols is 1. The topological polar surface area (TPSA) is 66.8 Å². The summed E-state index contributed by atoms with van der Waals surface area (Å²) in [6, 6.07) is 7.42. The highest BCUT2D eigenvalue weighted by atomic mass is 19.1. The van der Waals surface area contributed by atoms with Gasteiger partial charge in [-0.15, -0.1) is 0 Å². The third kappa shape index (κ3) is 5.20. The number of ether oxygens (including phenoxy) is 1. The molecule has 0 amide bonds. The lowest BCUT2D eigenvalue weighted by molar-refractivity contribution is 0.0693. The monoisotopic (exact) mass is 370 g/mol. The van der Waals surface area contributed by atoms with Crippen molar-refractivity contribution in [3.8, 4) is 11.5 Å². The van der Waals surface area contributed by atoms with E-state index in [1.165, 1.54) is 12.1 Å². The van der Waals surface area contributed by atoms with Gasteiger partial charge in [0.25, 0.3) is 0 Å². The first kappa shape index (κ1) is 20.2. The SMILES string of the molecule is CCOc1cc(C=Cc2ccc(F)cc2)c(C(=O)O)c(O)c1CC=C(C)C. The van der Waals surface area contributed by atoms with E-state index in [1.807, 2.05) is 26.8 Å². The van der Waals surface area contributed by atoms with E-state index in [1.54, 1.807) is 30.4 Å². The van der Waals surface area contributed by atoms with Crippen molar-refractivity contribution in [2.24, 2.45) is 0 Å². The molecule has 2 aromatic rings. The molecule has 142 valence electrons. The molecule has 0 saturated heterocycles. The number of hydrogen-bond donors (Lipinski definition) is 2. The van der Waals surface area contributed by atoms with Gasteiger partial charge in [-0.2, -0.15) is 0 Å². The third-order valence-electron chi connectivity index (χ3n) is 3.95. The van der Waals surface area contributed by atoms with Crippen LogP contribution >= 0.6 is 0 Å². The van der Waals surface area contributed by atoms with Gasteiger partial charge in [-0.05, 0) is 56.5 Å². The predicted molar refractivity (Wildman–Crippen MR) is 105 cm³/mol. The van der Waals surface area contributed by atoms with Crippen molar-refractivity contribution in [2.45, 2.75) is 27.2 Å². The van der Waals surface area contributed by atoms with Crippen molar-refractivity contribution in [3.05, 3.63) is 70.1 Å². The van der Waals surface area contributed by atoms with Crippen LogP contribution in [0.3, 0.4) is 0 Å². The lowest BCUT2D eigenvalue weighted by Gasteiger charge is -2.15. The van der Waals surface area contributed by atoms with E-state index >= 15 is 0 Å². The summed E-state index contributed by atoms with van der Waals surface area (Å²) in [5.41, 5.74) is 2.32. The number of carbonyl (C=O) groups is 1. The Bertz CT molecular complexity index is 876. The van der Waals surface area contributed by atoms with Crippen LogP contribution in [-0.4, -0.2) is 22.8 Å². The van der Waals surface area contributed by atoms with Gasteiger partial charge in [-0.3, -0.25) is 0 Å². The van der Waals surface area contributed by atoms with E-state index in [-0.39, 0.29) is 17.1 Å². The molecule has 0 aliphatic rings. The molecule has 0 saturated carbocycles. The molecule has 0 atom stereocenters. The summed E-state index contributed by atoms with van der Waals surface area (Å²) in [7, 11) is 0.